The van der Waals surface area contributed by atoms with Crippen molar-refractivity contribution < 1.29 is 9.85 Å². The molecule has 1 heterocycles. The van der Waals surface area contributed by atoms with Gasteiger partial charge in [0.1, 0.15) is 5.69 Å². The summed E-state index contributed by atoms with van der Waals surface area (Å²) in [5.41, 5.74) is 4.83. The molecule has 0 aliphatic carbocycles. The monoisotopic (exact) mass is 410 g/mol. The van der Waals surface area contributed by atoms with Crippen LogP contribution in [0.4, 0.5) is 17.1 Å². The Kier molecular flexibility index (Phi) is 5.45. The van der Waals surface area contributed by atoms with E-state index in [9.17, 15) is 25.0 Å². The molecule has 0 saturated carbocycles. The van der Waals surface area contributed by atoms with Crippen LogP contribution in [-0.4, -0.2) is 25.8 Å². The molecule has 0 fully saturated rings. The summed E-state index contributed by atoms with van der Waals surface area (Å²) >= 11 is 0. The lowest BCUT2D eigenvalue weighted by atomic mass is 10.1. The van der Waals surface area contributed by atoms with Gasteiger partial charge in [0.2, 0.25) is 0 Å². The fraction of sp³-hybridized carbons (Fsp3) is 0.158. The molecule has 0 radical (unpaired) electrons. The quantitative estimate of drug-likeness (QED) is 0.361. The van der Waals surface area contributed by atoms with Crippen LogP contribution in [0.3, 0.4) is 0 Å². The number of aromatic amines is 1. The highest BCUT2D eigenvalue weighted by Crippen LogP contribution is 2.28. The summed E-state index contributed by atoms with van der Waals surface area (Å²) in [5, 5.41) is 28.9. The van der Waals surface area contributed by atoms with Crippen molar-refractivity contribution in [3.8, 4) is 5.69 Å². The molecule has 0 aliphatic heterocycles. The van der Waals surface area contributed by atoms with Crippen molar-refractivity contribution >= 4 is 23.3 Å². The van der Waals surface area contributed by atoms with Crippen LogP contribution in [0.25, 0.3) is 5.69 Å². The number of hydrogen-bond acceptors (Lipinski definition) is 7. The Morgan fingerprint density at radius 3 is 2.40 bits per heavy atom. The number of hydrazone groups is 1. The average Bonchev–Trinajstić information content (AvgIpc) is 2.98. The van der Waals surface area contributed by atoms with Gasteiger partial charge in [0.25, 0.3) is 11.2 Å². The van der Waals surface area contributed by atoms with Gasteiger partial charge >= 0.3 is 5.69 Å². The minimum atomic E-state index is -0.751. The van der Waals surface area contributed by atoms with E-state index >= 15 is 0 Å². The number of H-pyrrole nitrogens is 1. The maximum Gasteiger partial charge on any atom is 0.301 e. The van der Waals surface area contributed by atoms with Crippen molar-refractivity contribution in [2.45, 2.75) is 20.8 Å². The zero-order valence-corrected chi connectivity index (χ0v) is 16.4. The first-order valence-corrected chi connectivity index (χ1v) is 8.80. The normalized spacial score (nSPS) is 11.0. The predicted octanol–water partition coefficient (Wildman–Crippen LogP) is 3.35. The van der Waals surface area contributed by atoms with Crippen LogP contribution < -0.4 is 11.0 Å². The number of nitro benzene ring substituents is 2. The second-order valence-electron chi connectivity index (χ2n) is 6.65. The summed E-state index contributed by atoms with van der Waals surface area (Å²) in [6.07, 6.45) is 1.25. The van der Waals surface area contributed by atoms with E-state index in [-0.39, 0.29) is 16.8 Å². The Hall–Kier alpha value is -4.28. The summed E-state index contributed by atoms with van der Waals surface area (Å²) in [7, 11) is 0. The minimum absolute atomic E-state index is 0.0375. The number of anilines is 1. The number of rotatable bonds is 6. The molecule has 154 valence electrons. The van der Waals surface area contributed by atoms with Gasteiger partial charge in [-0.25, -0.2) is 4.68 Å². The zero-order chi connectivity index (χ0) is 22.0. The van der Waals surface area contributed by atoms with E-state index in [1.165, 1.54) is 17.0 Å². The predicted molar refractivity (Wildman–Crippen MR) is 112 cm³/mol. The smallest absolute Gasteiger partial charge is 0.295 e. The van der Waals surface area contributed by atoms with Crippen molar-refractivity contribution in [1.29, 1.82) is 0 Å². The lowest BCUT2D eigenvalue weighted by Crippen LogP contribution is -2.17. The SMILES string of the molecule is Cc1ccc(-n2[nH]c(C)c(/C=N/Nc3ccc([N+](=O)[O-])cc3[N+](=O)[O-])c2=O)cc1C. The number of non-ortho nitro benzene ring substituents is 1. The molecule has 0 atom stereocenters. The van der Waals surface area contributed by atoms with Gasteiger partial charge in [0.05, 0.1) is 33.4 Å². The van der Waals surface area contributed by atoms with E-state index in [1.807, 2.05) is 32.0 Å². The highest BCUT2D eigenvalue weighted by atomic mass is 16.6. The molecule has 11 heteroatoms. The van der Waals surface area contributed by atoms with Gasteiger partial charge < -0.3 is 0 Å². The van der Waals surface area contributed by atoms with E-state index < -0.39 is 21.2 Å². The van der Waals surface area contributed by atoms with Crippen LogP contribution in [0.2, 0.25) is 0 Å². The summed E-state index contributed by atoms with van der Waals surface area (Å²) in [5.74, 6) is 0. The van der Waals surface area contributed by atoms with E-state index in [1.54, 1.807) is 6.92 Å². The van der Waals surface area contributed by atoms with Gasteiger partial charge in [-0.05, 0) is 50.1 Å². The first kappa shape index (κ1) is 20.5. The van der Waals surface area contributed by atoms with Crippen molar-refractivity contribution in [3.63, 3.8) is 0 Å². The molecule has 0 saturated heterocycles. The number of benzene rings is 2. The van der Waals surface area contributed by atoms with Gasteiger partial charge in [-0.15, -0.1) is 0 Å². The topological polar surface area (TPSA) is 148 Å². The second kappa shape index (κ2) is 7.99. The number of hydrogen-bond donors (Lipinski definition) is 2. The van der Waals surface area contributed by atoms with Crippen LogP contribution in [-0.2, 0) is 0 Å². The molecule has 1 aromatic heterocycles. The Balaban J connectivity index is 1.90. The van der Waals surface area contributed by atoms with E-state index in [0.717, 1.165) is 23.3 Å². The summed E-state index contributed by atoms with van der Waals surface area (Å²) < 4.78 is 1.39. The van der Waals surface area contributed by atoms with Gasteiger partial charge in [0, 0.05) is 11.8 Å². The molecule has 11 nitrogen and oxygen atoms in total. The van der Waals surface area contributed by atoms with Crippen LogP contribution in [0.1, 0.15) is 22.4 Å². The van der Waals surface area contributed by atoms with Crippen LogP contribution in [0.15, 0.2) is 46.3 Å². The maximum absolute atomic E-state index is 12.8. The summed E-state index contributed by atoms with van der Waals surface area (Å²) in [6.45, 7) is 5.63. The number of nitro groups is 2. The fourth-order valence-corrected chi connectivity index (χ4v) is 2.80. The Morgan fingerprint density at radius 1 is 1.03 bits per heavy atom. The minimum Gasteiger partial charge on any atom is -0.295 e. The van der Waals surface area contributed by atoms with Crippen molar-refractivity contribution in [3.05, 3.63) is 89.4 Å². The highest BCUT2D eigenvalue weighted by Gasteiger charge is 2.19. The van der Waals surface area contributed by atoms with Crippen molar-refractivity contribution in [2.75, 3.05) is 5.43 Å². The molecule has 30 heavy (non-hydrogen) atoms. The second-order valence-corrected chi connectivity index (χ2v) is 6.65. The van der Waals surface area contributed by atoms with E-state index in [2.05, 4.69) is 15.6 Å². The Bertz CT molecular complexity index is 1240. The van der Waals surface area contributed by atoms with Crippen molar-refractivity contribution in [1.82, 2.24) is 9.78 Å². The molecule has 3 aromatic rings. The highest BCUT2D eigenvalue weighted by molar-refractivity contribution is 5.81. The van der Waals surface area contributed by atoms with E-state index in [4.69, 9.17) is 0 Å². The lowest BCUT2D eigenvalue weighted by Gasteiger charge is -2.05. The maximum atomic E-state index is 12.8. The molecule has 0 spiro atoms. The molecular weight excluding hydrogens is 392 g/mol. The third kappa shape index (κ3) is 3.94. The van der Waals surface area contributed by atoms with Gasteiger partial charge in [-0.3, -0.25) is 35.5 Å². The molecule has 2 aromatic carbocycles. The Morgan fingerprint density at radius 2 is 1.77 bits per heavy atom. The molecule has 0 unspecified atom stereocenters. The number of aryl methyl sites for hydroxylation is 3. The fourth-order valence-electron chi connectivity index (χ4n) is 2.80. The summed E-state index contributed by atoms with van der Waals surface area (Å²) in [6, 6.07) is 8.76. The average molecular weight is 410 g/mol. The first-order chi connectivity index (χ1) is 14.2. The van der Waals surface area contributed by atoms with E-state index in [0.29, 0.717) is 11.4 Å². The molecular formula is C19H18N6O5. The molecule has 0 aliphatic rings. The van der Waals surface area contributed by atoms with Crippen LogP contribution in [0.5, 0.6) is 0 Å². The van der Waals surface area contributed by atoms with Crippen LogP contribution >= 0.6 is 0 Å². The molecule has 0 amide bonds. The van der Waals surface area contributed by atoms with Crippen molar-refractivity contribution in [2.24, 2.45) is 5.10 Å². The zero-order valence-electron chi connectivity index (χ0n) is 16.4. The number of aromatic nitrogens is 2. The Labute approximate surface area is 169 Å². The standard InChI is InChI=1S/C19H18N6O5/c1-11-4-5-14(8-12(11)2)23-19(26)16(13(3)22-23)10-20-21-17-7-6-15(24(27)28)9-18(17)25(29)30/h4-10,21-22H,1-3H3/b20-10+. The molecule has 0 bridgehead atoms. The number of nitrogens with zero attached hydrogens (tertiary/aromatic N) is 4. The van der Waals surface area contributed by atoms with Gasteiger partial charge in [0.15, 0.2) is 0 Å². The van der Waals surface area contributed by atoms with Crippen LogP contribution in [0, 0.1) is 41.0 Å². The first-order valence-electron chi connectivity index (χ1n) is 8.80. The summed E-state index contributed by atoms with van der Waals surface area (Å²) in [4.78, 5) is 33.3. The number of nitrogens with one attached hydrogen (secondary N) is 2. The third-order valence-corrected chi connectivity index (χ3v) is 4.63. The largest absolute Gasteiger partial charge is 0.301 e. The van der Waals surface area contributed by atoms with Gasteiger partial charge in [-0.2, -0.15) is 5.10 Å². The lowest BCUT2D eigenvalue weighted by molar-refractivity contribution is -0.393. The third-order valence-electron chi connectivity index (χ3n) is 4.63. The molecule has 2 N–H and O–H groups in total. The van der Waals surface area contributed by atoms with Gasteiger partial charge in [-0.1, -0.05) is 6.07 Å². The molecule has 3 rings (SSSR count).